The highest BCUT2D eigenvalue weighted by Gasteiger charge is 1.99. The molecule has 1 rings (SSSR count). The van der Waals surface area contributed by atoms with E-state index >= 15 is 0 Å². The smallest absolute Gasteiger partial charge is 0.305 e. The molecule has 0 amide bonds. The molecule has 0 aromatic heterocycles. The summed E-state index contributed by atoms with van der Waals surface area (Å²) in [6.07, 6.45) is 10.5. The van der Waals surface area contributed by atoms with Crippen molar-refractivity contribution in [1.29, 1.82) is 0 Å². The number of carbonyl (C=O) groups is 1. The summed E-state index contributed by atoms with van der Waals surface area (Å²) < 4.78 is 49.1. The third-order valence-electron chi connectivity index (χ3n) is 6.55. The maximum absolute atomic E-state index is 10.3. The third kappa shape index (κ3) is 30.6. The van der Waals surface area contributed by atoms with E-state index in [2.05, 4.69) is 19.1 Å². The van der Waals surface area contributed by atoms with Crippen LogP contribution in [0, 0.1) is 0 Å². The largest absolute Gasteiger partial charge is 0.491 e. The molecule has 262 valence electrons. The summed E-state index contributed by atoms with van der Waals surface area (Å²) in [6, 6.07) is 8.43. The summed E-state index contributed by atoms with van der Waals surface area (Å²) in [7, 11) is 0. The lowest BCUT2D eigenvalue weighted by molar-refractivity contribution is -0.138. The van der Waals surface area contributed by atoms with Gasteiger partial charge >= 0.3 is 5.97 Å². The zero-order valence-electron chi connectivity index (χ0n) is 27.7. The molecule has 0 aliphatic carbocycles. The summed E-state index contributed by atoms with van der Waals surface area (Å²) in [5, 5.41) is 8.49. The van der Waals surface area contributed by atoms with Gasteiger partial charge in [0, 0.05) is 0 Å². The average Bonchev–Trinajstić information content (AvgIpc) is 3.04. The van der Waals surface area contributed by atoms with Crippen LogP contribution in [0.1, 0.15) is 63.9 Å². The molecule has 0 saturated heterocycles. The van der Waals surface area contributed by atoms with Crippen LogP contribution in [0.2, 0.25) is 0 Å². The molecule has 0 unspecified atom stereocenters. The fraction of sp³-hybridized carbons (Fsp3) is 0.794. The highest BCUT2D eigenvalue weighted by molar-refractivity contribution is 5.66. The molecule has 0 aliphatic rings. The minimum atomic E-state index is -0.870. The van der Waals surface area contributed by atoms with E-state index in [1.165, 1.54) is 50.5 Å². The van der Waals surface area contributed by atoms with Crippen molar-refractivity contribution in [1.82, 2.24) is 0 Å². The van der Waals surface area contributed by atoms with Gasteiger partial charge in [-0.05, 0) is 30.5 Å². The predicted molar refractivity (Wildman–Crippen MR) is 172 cm³/mol. The van der Waals surface area contributed by atoms with Crippen LogP contribution in [-0.4, -0.2) is 123 Å². The number of aryl methyl sites for hydroxylation is 1. The van der Waals surface area contributed by atoms with Crippen LogP contribution in [0.15, 0.2) is 24.3 Å². The molecular weight excluding hydrogens is 584 g/mol. The van der Waals surface area contributed by atoms with Crippen molar-refractivity contribution in [2.45, 2.75) is 64.7 Å². The van der Waals surface area contributed by atoms with Gasteiger partial charge in [-0.1, -0.05) is 57.6 Å². The summed E-state index contributed by atoms with van der Waals surface area (Å²) in [4.78, 5) is 10.3. The number of hydrogen-bond donors (Lipinski definition) is 1. The number of rotatable bonds is 36. The van der Waals surface area contributed by atoms with Crippen LogP contribution in [0.4, 0.5) is 0 Å². The fourth-order valence-electron chi connectivity index (χ4n) is 4.06. The van der Waals surface area contributed by atoms with Crippen molar-refractivity contribution in [3.05, 3.63) is 29.8 Å². The van der Waals surface area contributed by atoms with E-state index in [0.29, 0.717) is 106 Å². The Morgan fingerprint density at radius 2 is 0.844 bits per heavy atom. The Balaban J connectivity index is 1.72. The maximum atomic E-state index is 10.3. The highest BCUT2D eigenvalue weighted by Crippen LogP contribution is 2.15. The van der Waals surface area contributed by atoms with Crippen molar-refractivity contribution >= 4 is 5.97 Å². The van der Waals surface area contributed by atoms with Gasteiger partial charge in [-0.3, -0.25) is 4.79 Å². The molecule has 0 bridgehead atoms. The van der Waals surface area contributed by atoms with E-state index in [4.69, 9.17) is 47.7 Å². The molecule has 0 spiro atoms. The first kappa shape index (κ1) is 41.2. The maximum Gasteiger partial charge on any atom is 0.305 e. The first-order chi connectivity index (χ1) is 22.2. The van der Waals surface area contributed by atoms with E-state index in [9.17, 15) is 4.79 Å². The quantitative estimate of drug-likeness (QED) is 0.0998. The number of aliphatic carboxylic acids is 1. The summed E-state index contributed by atoms with van der Waals surface area (Å²) in [5.74, 6) is 0.0119. The minimum Gasteiger partial charge on any atom is -0.491 e. The van der Waals surface area contributed by atoms with Crippen LogP contribution in [0.25, 0.3) is 0 Å². The van der Waals surface area contributed by atoms with Gasteiger partial charge in [-0.25, -0.2) is 0 Å². The van der Waals surface area contributed by atoms with Crippen LogP contribution in [-0.2, 0) is 49.1 Å². The average molecular weight is 645 g/mol. The van der Waals surface area contributed by atoms with Gasteiger partial charge in [-0.15, -0.1) is 0 Å². The molecule has 11 nitrogen and oxygen atoms in total. The highest BCUT2D eigenvalue weighted by atomic mass is 16.6. The molecule has 1 N–H and O–H groups in total. The van der Waals surface area contributed by atoms with Crippen molar-refractivity contribution in [3.63, 3.8) is 0 Å². The van der Waals surface area contributed by atoms with E-state index < -0.39 is 5.97 Å². The van der Waals surface area contributed by atoms with Crippen LogP contribution in [0.5, 0.6) is 5.75 Å². The van der Waals surface area contributed by atoms with E-state index in [0.717, 1.165) is 12.2 Å². The van der Waals surface area contributed by atoms with Gasteiger partial charge in [-0.2, -0.15) is 0 Å². The number of carboxylic acids is 1. The number of hydrogen-bond acceptors (Lipinski definition) is 10. The Bertz CT molecular complexity index is 748. The van der Waals surface area contributed by atoms with Gasteiger partial charge in [0.25, 0.3) is 0 Å². The van der Waals surface area contributed by atoms with Gasteiger partial charge < -0.3 is 47.7 Å². The van der Waals surface area contributed by atoms with Gasteiger partial charge in [0.05, 0.1) is 112 Å². The first-order valence-corrected chi connectivity index (χ1v) is 16.8. The molecule has 0 fully saturated rings. The summed E-state index contributed by atoms with van der Waals surface area (Å²) in [5.41, 5.74) is 1.38. The van der Waals surface area contributed by atoms with Crippen molar-refractivity contribution < 1.29 is 52.5 Å². The van der Waals surface area contributed by atoms with Gasteiger partial charge in [0.1, 0.15) is 12.4 Å². The zero-order valence-corrected chi connectivity index (χ0v) is 27.7. The monoisotopic (exact) mass is 644 g/mol. The standard InChI is InChI=1S/C34H60O11/c1-2-3-4-5-6-7-8-9-32-10-12-33(13-11-32)45-31-30-44-29-28-43-27-26-42-25-24-41-23-22-40-21-20-39-19-18-38-17-16-37-15-14-34(35)36/h10-13H,2-9,14-31H2,1H3,(H,35,36). The fourth-order valence-corrected chi connectivity index (χ4v) is 4.06. The number of carboxylic acid groups (broad SMARTS) is 1. The predicted octanol–water partition coefficient (Wildman–Crippen LogP) is 4.97. The zero-order chi connectivity index (χ0) is 32.3. The Labute approximate surface area is 271 Å². The minimum absolute atomic E-state index is 0.00205. The van der Waals surface area contributed by atoms with E-state index in [1.54, 1.807) is 0 Å². The molecule has 0 radical (unpaired) electrons. The summed E-state index contributed by atoms with van der Waals surface area (Å²) >= 11 is 0. The van der Waals surface area contributed by atoms with Crippen molar-refractivity contribution in [3.8, 4) is 5.75 Å². The van der Waals surface area contributed by atoms with Crippen molar-refractivity contribution in [2.75, 3.05) is 112 Å². The van der Waals surface area contributed by atoms with Crippen molar-refractivity contribution in [2.24, 2.45) is 0 Å². The molecule has 1 aromatic rings. The van der Waals surface area contributed by atoms with E-state index in [-0.39, 0.29) is 13.0 Å². The Hall–Kier alpha value is -1.83. The SMILES string of the molecule is CCCCCCCCCc1ccc(OCCOCCOCCOCCOCCOCCOCCOCCOCCC(=O)O)cc1. The normalized spacial score (nSPS) is 11.3. The Morgan fingerprint density at radius 3 is 1.24 bits per heavy atom. The van der Waals surface area contributed by atoms with E-state index in [1.807, 2.05) is 12.1 Å². The lowest BCUT2D eigenvalue weighted by atomic mass is 10.0. The van der Waals surface area contributed by atoms with Gasteiger partial charge in [0.15, 0.2) is 0 Å². The van der Waals surface area contributed by atoms with Gasteiger partial charge in [0.2, 0.25) is 0 Å². The first-order valence-electron chi connectivity index (χ1n) is 16.8. The van der Waals surface area contributed by atoms with Crippen LogP contribution < -0.4 is 4.74 Å². The molecule has 0 atom stereocenters. The molecule has 11 heteroatoms. The third-order valence-corrected chi connectivity index (χ3v) is 6.55. The lowest BCUT2D eigenvalue weighted by Crippen LogP contribution is -2.15. The molecule has 45 heavy (non-hydrogen) atoms. The Morgan fingerprint density at radius 1 is 0.489 bits per heavy atom. The van der Waals surface area contributed by atoms with Crippen LogP contribution in [0.3, 0.4) is 0 Å². The molecule has 0 saturated carbocycles. The molecular formula is C34H60O11. The topological polar surface area (TPSA) is 120 Å². The number of unbranched alkanes of at least 4 members (excludes halogenated alkanes) is 6. The van der Waals surface area contributed by atoms with Crippen LogP contribution >= 0.6 is 0 Å². The number of ether oxygens (including phenoxy) is 9. The second kappa shape index (κ2) is 33.5. The second-order valence-corrected chi connectivity index (χ2v) is 10.4. The Kier molecular flexibility index (Phi) is 30.7. The number of benzene rings is 1. The molecule has 0 heterocycles. The molecule has 1 aromatic carbocycles. The second-order valence-electron chi connectivity index (χ2n) is 10.4. The lowest BCUT2D eigenvalue weighted by Gasteiger charge is -2.09. The molecule has 0 aliphatic heterocycles. The summed E-state index contributed by atoms with van der Waals surface area (Å²) in [6.45, 7) is 10.2.